The predicted molar refractivity (Wildman–Crippen MR) is 121 cm³/mol. The molecule has 1 aliphatic rings. The zero-order chi connectivity index (χ0) is 22.8. The van der Waals surface area contributed by atoms with Gasteiger partial charge in [-0.05, 0) is 56.9 Å². The topological polar surface area (TPSA) is 88.5 Å². The maximum Gasteiger partial charge on any atom is 0.235 e. The van der Waals surface area contributed by atoms with E-state index in [0.29, 0.717) is 23.8 Å². The van der Waals surface area contributed by atoms with Crippen molar-refractivity contribution < 1.29 is 9.18 Å². The molecule has 3 aromatic rings. The first kappa shape index (κ1) is 22.1. The largest absolute Gasteiger partial charge is 0.326 e. The van der Waals surface area contributed by atoms with Gasteiger partial charge in [0, 0.05) is 24.7 Å². The molecule has 4 rings (SSSR count). The summed E-state index contributed by atoms with van der Waals surface area (Å²) in [6.07, 6.45) is 2.29. The number of carbonyl (C=O) groups is 1. The second kappa shape index (κ2) is 9.17. The lowest BCUT2D eigenvalue weighted by molar-refractivity contribution is -0.113. The van der Waals surface area contributed by atoms with Crippen LogP contribution in [0.15, 0.2) is 29.4 Å². The van der Waals surface area contributed by atoms with Crippen LogP contribution in [0.25, 0.3) is 0 Å². The number of amides is 1. The van der Waals surface area contributed by atoms with Crippen LogP contribution in [0.4, 0.5) is 10.2 Å². The fourth-order valence-corrected chi connectivity index (χ4v) is 4.56. The van der Waals surface area contributed by atoms with Gasteiger partial charge >= 0.3 is 0 Å². The highest BCUT2D eigenvalue weighted by molar-refractivity contribution is 7.99. The van der Waals surface area contributed by atoms with Crippen LogP contribution >= 0.6 is 11.8 Å². The van der Waals surface area contributed by atoms with Crippen molar-refractivity contribution in [1.82, 2.24) is 19.3 Å². The van der Waals surface area contributed by atoms with Crippen LogP contribution in [0.5, 0.6) is 0 Å². The molecule has 1 aliphatic carbocycles. The molecule has 1 saturated carbocycles. The van der Waals surface area contributed by atoms with Crippen molar-refractivity contribution in [2.45, 2.75) is 57.8 Å². The van der Waals surface area contributed by atoms with Gasteiger partial charge in [-0.15, -0.1) is 10.2 Å². The van der Waals surface area contributed by atoms with Crippen LogP contribution in [0.2, 0.25) is 0 Å². The van der Waals surface area contributed by atoms with E-state index in [1.807, 2.05) is 25.3 Å². The zero-order valence-corrected chi connectivity index (χ0v) is 19.2. The smallest absolute Gasteiger partial charge is 0.235 e. The third-order valence-corrected chi connectivity index (χ3v) is 6.76. The molecule has 0 bridgehead atoms. The molecule has 9 heteroatoms. The number of benzene rings is 1. The number of nitrogens with zero attached hydrogens (tertiary/aromatic N) is 5. The van der Waals surface area contributed by atoms with Crippen molar-refractivity contribution >= 4 is 23.5 Å². The summed E-state index contributed by atoms with van der Waals surface area (Å²) in [5.41, 5.74) is 3.02. The molecule has 1 amide bonds. The molecule has 0 radical (unpaired) electrons. The van der Waals surface area contributed by atoms with Crippen molar-refractivity contribution in [3.8, 4) is 6.07 Å². The van der Waals surface area contributed by atoms with Gasteiger partial charge < -0.3 is 14.5 Å². The van der Waals surface area contributed by atoms with E-state index in [0.717, 1.165) is 47.2 Å². The zero-order valence-electron chi connectivity index (χ0n) is 18.4. The van der Waals surface area contributed by atoms with Crippen LogP contribution in [0.3, 0.4) is 0 Å². The monoisotopic (exact) mass is 452 g/mol. The van der Waals surface area contributed by atoms with Gasteiger partial charge in [0.15, 0.2) is 5.16 Å². The number of halogens is 1. The van der Waals surface area contributed by atoms with Crippen LogP contribution < -0.4 is 5.32 Å². The number of anilines is 1. The van der Waals surface area contributed by atoms with Crippen LogP contribution in [-0.2, 0) is 17.9 Å². The molecule has 1 aromatic carbocycles. The summed E-state index contributed by atoms with van der Waals surface area (Å²) in [5, 5.41) is 21.9. The average Bonchev–Trinajstić information content (AvgIpc) is 3.51. The lowest BCUT2D eigenvalue weighted by Crippen LogP contribution is -2.19. The number of carbonyl (C=O) groups excluding carboxylic acids is 1. The Labute approximate surface area is 190 Å². The molecule has 2 heterocycles. The lowest BCUT2D eigenvalue weighted by Gasteiger charge is -2.13. The van der Waals surface area contributed by atoms with Gasteiger partial charge in [0.25, 0.3) is 0 Å². The number of aromatic nitrogens is 4. The van der Waals surface area contributed by atoms with E-state index < -0.39 is 0 Å². The number of hydrogen-bond acceptors (Lipinski definition) is 5. The summed E-state index contributed by atoms with van der Waals surface area (Å²) in [5.74, 6) is 1.59. The second-order valence-electron chi connectivity index (χ2n) is 7.95. The lowest BCUT2D eigenvalue weighted by atomic mass is 10.2. The van der Waals surface area contributed by atoms with Gasteiger partial charge in [0.2, 0.25) is 5.91 Å². The molecular formula is C23H25FN6OS. The van der Waals surface area contributed by atoms with Gasteiger partial charge in [-0.25, -0.2) is 4.39 Å². The van der Waals surface area contributed by atoms with Crippen molar-refractivity contribution in [3.05, 3.63) is 58.3 Å². The molecule has 0 spiro atoms. The number of nitriles is 1. The SMILES string of the molecule is CCn1c(SCC(=O)Nc2c(C#N)c(C)c(C)n2Cc2ccc(F)cc2)nnc1C1CC1. The van der Waals surface area contributed by atoms with Gasteiger partial charge in [-0.2, -0.15) is 5.26 Å². The molecule has 1 fully saturated rings. The minimum absolute atomic E-state index is 0.160. The summed E-state index contributed by atoms with van der Waals surface area (Å²) in [7, 11) is 0. The third kappa shape index (κ3) is 4.41. The molecule has 0 aliphatic heterocycles. The van der Waals surface area contributed by atoms with Crippen LogP contribution in [0, 0.1) is 31.0 Å². The van der Waals surface area contributed by atoms with Crippen LogP contribution in [0.1, 0.15) is 53.9 Å². The number of hydrogen-bond donors (Lipinski definition) is 1. The Bertz CT molecular complexity index is 1190. The van der Waals surface area contributed by atoms with Crippen molar-refractivity contribution in [2.75, 3.05) is 11.1 Å². The van der Waals surface area contributed by atoms with Gasteiger partial charge in [-0.3, -0.25) is 4.79 Å². The Morgan fingerprint density at radius 1 is 1.25 bits per heavy atom. The standard InChI is InChI=1S/C23H25FN6OS/c1-4-29-21(17-7-8-17)27-28-23(29)32-13-20(31)26-22-19(11-25)14(2)15(3)30(22)12-16-5-9-18(24)10-6-16/h5-6,9-10,17H,4,7-8,12-13H2,1-3H3,(H,26,31). The highest BCUT2D eigenvalue weighted by atomic mass is 32.2. The molecule has 7 nitrogen and oxygen atoms in total. The Hall–Kier alpha value is -3.12. The normalized spacial score (nSPS) is 13.2. The molecule has 0 unspecified atom stereocenters. The Morgan fingerprint density at radius 2 is 1.97 bits per heavy atom. The van der Waals surface area contributed by atoms with E-state index in [4.69, 9.17) is 0 Å². The van der Waals surface area contributed by atoms with E-state index >= 15 is 0 Å². The van der Waals surface area contributed by atoms with Crippen molar-refractivity contribution in [2.24, 2.45) is 0 Å². The maximum absolute atomic E-state index is 13.3. The molecular weight excluding hydrogens is 427 g/mol. The molecule has 2 aromatic heterocycles. The minimum Gasteiger partial charge on any atom is -0.326 e. The molecule has 0 atom stereocenters. The number of nitrogens with one attached hydrogen (secondary N) is 1. The summed E-state index contributed by atoms with van der Waals surface area (Å²) < 4.78 is 17.2. The quantitative estimate of drug-likeness (QED) is 0.512. The molecule has 1 N–H and O–H groups in total. The fourth-order valence-electron chi connectivity index (χ4n) is 3.75. The summed E-state index contributed by atoms with van der Waals surface area (Å²) >= 11 is 1.34. The summed E-state index contributed by atoms with van der Waals surface area (Å²) in [6.45, 7) is 7.01. The van der Waals surface area contributed by atoms with Crippen LogP contribution in [-0.4, -0.2) is 31.0 Å². The first-order valence-electron chi connectivity index (χ1n) is 10.6. The highest BCUT2D eigenvalue weighted by Crippen LogP contribution is 2.40. The Balaban J connectivity index is 1.51. The van der Waals surface area contributed by atoms with E-state index in [1.165, 1.54) is 23.9 Å². The fraction of sp³-hybridized carbons (Fsp3) is 0.391. The first-order chi connectivity index (χ1) is 15.4. The van der Waals surface area contributed by atoms with Gasteiger partial charge in [0.05, 0.1) is 11.3 Å². The number of rotatable bonds is 8. The predicted octanol–water partition coefficient (Wildman–Crippen LogP) is 4.38. The Kier molecular flexibility index (Phi) is 6.33. The molecule has 32 heavy (non-hydrogen) atoms. The average molecular weight is 453 g/mol. The Morgan fingerprint density at radius 3 is 2.59 bits per heavy atom. The van der Waals surface area contributed by atoms with Gasteiger partial charge in [-0.1, -0.05) is 23.9 Å². The van der Waals surface area contributed by atoms with E-state index in [2.05, 4.69) is 26.2 Å². The van der Waals surface area contributed by atoms with Crippen molar-refractivity contribution in [1.29, 1.82) is 5.26 Å². The highest BCUT2D eigenvalue weighted by Gasteiger charge is 2.30. The number of thioether (sulfide) groups is 1. The summed E-state index contributed by atoms with van der Waals surface area (Å²) in [6, 6.07) is 8.42. The maximum atomic E-state index is 13.3. The molecule has 0 saturated heterocycles. The molecule has 166 valence electrons. The van der Waals surface area contributed by atoms with Crippen molar-refractivity contribution in [3.63, 3.8) is 0 Å². The van der Waals surface area contributed by atoms with E-state index in [9.17, 15) is 14.4 Å². The van der Waals surface area contributed by atoms with E-state index in [-0.39, 0.29) is 17.5 Å². The summed E-state index contributed by atoms with van der Waals surface area (Å²) in [4.78, 5) is 12.8. The van der Waals surface area contributed by atoms with E-state index in [1.54, 1.807) is 12.1 Å². The third-order valence-electron chi connectivity index (χ3n) is 5.79. The second-order valence-corrected chi connectivity index (χ2v) is 8.90. The van der Waals surface area contributed by atoms with Gasteiger partial charge in [0.1, 0.15) is 23.5 Å². The minimum atomic E-state index is -0.304. The first-order valence-corrected chi connectivity index (χ1v) is 11.6.